The number of carbonyl (C=O) groups excluding carboxylic acids is 2. The van der Waals surface area contributed by atoms with E-state index in [1.807, 2.05) is 0 Å². The predicted octanol–water partition coefficient (Wildman–Crippen LogP) is 5.50. The van der Waals surface area contributed by atoms with Gasteiger partial charge in [0.15, 0.2) is 0 Å². The molecule has 3 N–H and O–H groups in total. The van der Waals surface area contributed by atoms with Crippen molar-refractivity contribution >= 4 is 55.9 Å². The van der Waals surface area contributed by atoms with Gasteiger partial charge >= 0.3 is 12.3 Å². The molecule has 10 nitrogen and oxygen atoms in total. The summed E-state index contributed by atoms with van der Waals surface area (Å²) in [4.78, 5) is 31.3. The van der Waals surface area contributed by atoms with E-state index in [9.17, 15) is 31.2 Å². The van der Waals surface area contributed by atoms with E-state index >= 15 is 0 Å². The summed E-state index contributed by atoms with van der Waals surface area (Å²) in [6.45, 7) is 5.24. The highest BCUT2D eigenvalue weighted by atomic mass is 35.5. The summed E-state index contributed by atoms with van der Waals surface area (Å²) in [5.41, 5.74) is -1.37. The molecule has 0 spiro atoms. The number of nitrogens with zero attached hydrogens (tertiary/aromatic N) is 2. The fourth-order valence-electron chi connectivity index (χ4n) is 4.67. The third-order valence-corrected chi connectivity index (χ3v) is 7.13. The zero-order valence-corrected chi connectivity index (χ0v) is 25.3. The molecule has 1 fully saturated rings. The summed E-state index contributed by atoms with van der Waals surface area (Å²) >= 11 is 6.14. The number of fused-ring (bicyclic) bond motifs is 1. The molecule has 1 aromatic heterocycles. The molecule has 15 heteroatoms. The number of aromatic nitrogens is 1. The van der Waals surface area contributed by atoms with Crippen LogP contribution in [-0.4, -0.2) is 67.3 Å². The van der Waals surface area contributed by atoms with Crippen molar-refractivity contribution < 1.29 is 35.9 Å². The SMILES string of the molecule is CC(C)(C)OC(=O)N1C[C@H](NC(=O)c2cccc(NS(C)(=O)=O)c2)C[C@H](Nc2cc(C(F)(F)F)nc3ccc(Cl)cc23)C1. The van der Waals surface area contributed by atoms with Gasteiger partial charge in [-0.1, -0.05) is 17.7 Å². The lowest BCUT2D eigenvalue weighted by atomic mass is 9.99. The van der Waals surface area contributed by atoms with Crippen LogP contribution < -0.4 is 15.4 Å². The number of piperidine rings is 1. The Morgan fingerprint density at radius 1 is 1.05 bits per heavy atom. The highest BCUT2D eigenvalue weighted by molar-refractivity contribution is 7.92. The van der Waals surface area contributed by atoms with Crippen LogP contribution in [0.25, 0.3) is 10.9 Å². The predicted molar refractivity (Wildman–Crippen MR) is 158 cm³/mol. The third kappa shape index (κ3) is 8.86. The molecule has 0 aliphatic carbocycles. The van der Waals surface area contributed by atoms with Gasteiger partial charge in [0.1, 0.15) is 11.3 Å². The van der Waals surface area contributed by atoms with Crippen LogP contribution in [-0.2, 0) is 20.9 Å². The van der Waals surface area contributed by atoms with E-state index in [1.165, 1.54) is 47.4 Å². The summed E-state index contributed by atoms with van der Waals surface area (Å²) in [5.74, 6) is -0.535. The maximum Gasteiger partial charge on any atom is 0.433 e. The number of benzene rings is 2. The smallest absolute Gasteiger partial charge is 0.433 e. The van der Waals surface area contributed by atoms with Crippen molar-refractivity contribution in [1.82, 2.24) is 15.2 Å². The summed E-state index contributed by atoms with van der Waals surface area (Å²) < 4.78 is 72.2. The molecule has 43 heavy (non-hydrogen) atoms. The van der Waals surface area contributed by atoms with Gasteiger partial charge in [-0.25, -0.2) is 18.2 Å². The summed E-state index contributed by atoms with van der Waals surface area (Å²) in [6, 6.07) is 9.83. The van der Waals surface area contributed by atoms with E-state index in [0.29, 0.717) is 10.4 Å². The molecule has 232 valence electrons. The maximum atomic E-state index is 13.7. The largest absolute Gasteiger partial charge is 0.444 e. The zero-order chi connectivity index (χ0) is 31.7. The topological polar surface area (TPSA) is 130 Å². The number of pyridine rings is 1. The average molecular weight is 642 g/mol. The van der Waals surface area contributed by atoms with Crippen molar-refractivity contribution in [2.75, 3.05) is 29.4 Å². The molecule has 4 rings (SSSR count). The van der Waals surface area contributed by atoms with Crippen LogP contribution >= 0.6 is 11.6 Å². The molecule has 3 aromatic rings. The molecule has 0 radical (unpaired) electrons. The number of nitrogens with one attached hydrogen (secondary N) is 3. The van der Waals surface area contributed by atoms with Gasteiger partial charge in [0.25, 0.3) is 5.91 Å². The van der Waals surface area contributed by atoms with Gasteiger partial charge in [-0.3, -0.25) is 9.52 Å². The number of likely N-dealkylation sites (tertiary alicyclic amines) is 1. The van der Waals surface area contributed by atoms with Gasteiger partial charge < -0.3 is 20.3 Å². The Morgan fingerprint density at radius 2 is 1.74 bits per heavy atom. The maximum absolute atomic E-state index is 13.7. The van der Waals surface area contributed by atoms with E-state index in [1.54, 1.807) is 20.8 Å². The number of halogens is 4. The Balaban J connectivity index is 1.63. The van der Waals surface area contributed by atoms with Crippen molar-refractivity contribution in [3.05, 3.63) is 64.8 Å². The lowest BCUT2D eigenvalue weighted by molar-refractivity contribution is -0.140. The van der Waals surface area contributed by atoms with Crippen LogP contribution in [0.3, 0.4) is 0 Å². The number of sulfonamides is 1. The first-order valence-corrected chi connectivity index (χ1v) is 15.4. The van der Waals surface area contributed by atoms with Gasteiger partial charge in [-0.2, -0.15) is 13.2 Å². The Morgan fingerprint density at radius 3 is 2.40 bits per heavy atom. The molecule has 1 aliphatic heterocycles. The first-order chi connectivity index (χ1) is 19.9. The fraction of sp³-hybridized carbons (Fsp3) is 0.393. The van der Waals surface area contributed by atoms with Crippen LogP contribution in [0.1, 0.15) is 43.2 Å². The monoisotopic (exact) mass is 641 g/mol. The molecule has 2 heterocycles. The summed E-state index contributed by atoms with van der Waals surface area (Å²) in [5, 5.41) is 6.62. The first-order valence-electron chi connectivity index (χ1n) is 13.2. The number of hydrogen-bond acceptors (Lipinski definition) is 7. The normalized spacial score (nSPS) is 17.8. The van der Waals surface area contributed by atoms with E-state index in [0.717, 1.165) is 12.3 Å². The second-order valence-corrected chi connectivity index (χ2v) is 13.5. The number of amides is 2. The second kappa shape index (κ2) is 12.1. The Labute approximate surface area is 252 Å². The fourth-order valence-corrected chi connectivity index (χ4v) is 5.40. The van der Waals surface area contributed by atoms with Crippen LogP contribution in [0.4, 0.5) is 29.3 Å². The van der Waals surface area contributed by atoms with Crippen molar-refractivity contribution in [3.63, 3.8) is 0 Å². The first kappa shape index (κ1) is 32.1. The minimum Gasteiger partial charge on any atom is -0.444 e. The molecule has 2 aromatic carbocycles. The van der Waals surface area contributed by atoms with Crippen LogP contribution in [0.5, 0.6) is 0 Å². The molecule has 0 unspecified atom stereocenters. The highest BCUT2D eigenvalue weighted by Crippen LogP contribution is 2.35. The number of alkyl halides is 3. The standard InChI is InChI=1S/C28H31ClF3N5O5S/c1-27(2,3)42-26(39)37-14-19(33-23-13-24(28(30,31)32)35-22-9-8-17(29)11-21(22)23)12-20(15-37)34-25(38)16-6-5-7-18(10-16)36-43(4,40)41/h5-11,13,19-20,36H,12,14-15H2,1-4H3,(H,33,35)(H,34,38)/t19-,20+/m0/s1. The number of rotatable bonds is 6. The highest BCUT2D eigenvalue weighted by Gasteiger charge is 2.36. The lowest BCUT2D eigenvalue weighted by Crippen LogP contribution is -2.56. The van der Waals surface area contributed by atoms with Gasteiger partial charge in [0.2, 0.25) is 10.0 Å². The summed E-state index contributed by atoms with van der Waals surface area (Å²) in [7, 11) is -3.58. The quantitative estimate of drug-likeness (QED) is 0.324. The number of ether oxygens (including phenoxy) is 1. The second-order valence-electron chi connectivity index (χ2n) is 11.3. The molecule has 2 amide bonds. The van der Waals surface area contributed by atoms with Crippen molar-refractivity contribution in [2.45, 2.75) is 51.1 Å². The minimum atomic E-state index is -4.71. The van der Waals surface area contributed by atoms with Crippen LogP contribution in [0.15, 0.2) is 48.5 Å². The Hall–Kier alpha value is -3.78. The molecular weight excluding hydrogens is 611 g/mol. The van der Waals surface area contributed by atoms with Crippen molar-refractivity contribution in [3.8, 4) is 0 Å². The molecule has 0 saturated carbocycles. The zero-order valence-electron chi connectivity index (χ0n) is 23.8. The van der Waals surface area contributed by atoms with Gasteiger partial charge in [-0.15, -0.1) is 0 Å². The molecule has 2 atom stereocenters. The Bertz CT molecular complexity index is 1650. The van der Waals surface area contributed by atoms with Gasteiger partial charge in [-0.05, 0) is 69.7 Å². The molecule has 1 saturated heterocycles. The molecular formula is C28H31ClF3N5O5S. The third-order valence-electron chi connectivity index (χ3n) is 6.29. The number of hydrogen-bond donors (Lipinski definition) is 3. The lowest BCUT2D eigenvalue weighted by Gasteiger charge is -2.39. The van der Waals surface area contributed by atoms with Crippen LogP contribution in [0, 0.1) is 0 Å². The van der Waals surface area contributed by atoms with Gasteiger partial charge in [0, 0.05) is 52.5 Å². The molecule has 0 bridgehead atoms. The average Bonchev–Trinajstić information content (AvgIpc) is 2.86. The minimum absolute atomic E-state index is 0.0663. The molecule has 1 aliphatic rings. The van der Waals surface area contributed by atoms with E-state index in [4.69, 9.17) is 16.3 Å². The number of carbonyl (C=O) groups is 2. The Kier molecular flexibility index (Phi) is 9.03. The van der Waals surface area contributed by atoms with Crippen molar-refractivity contribution in [2.24, 2.45) is 0 Å². The number of anilines is 2. The summed E-state index contributed by atoms with van der Waals surface area (Å²) in [6.07, 6.45) is -4.15. The van der Waals surface area contributed by atoms with E-state index < -0.39 is 51.6 Å². The van der Waals surface area contributed by atoms with E-state index in [2.05, 4.69) is 20.3 Å². The van der Waals surface area contributed by atoms with Gasteiger partial charge in [0.05, 0.1) is 11.8 Å². The van der Waals surface area contributed by atoms with Crippen LogP contribution in [0.2, 0.25) is 5.02 Å². The van der Waals surface area contributed by atoms with E-state index in [-0.39, 0.29) is 42.0 Å². The van der Waals surface area contributed by atoms with Crippen molar-refractivity contribution in [1.29, 1.82) is 0 Å².